The first-order chi connectivity index (χ1) is 18.4. The summed E-state index contributed by atoms with van der Waals surface area (Å²) in [6.07, 6.45) is 3.75. The highest BCUT2D eigenvalue weighted by Gasteiger charge is 2.34. The molecule has 1 amide bonds. The predicted molar refractivity (Wildman–Crippen MR) is 163 cm³/mol. The first-order valence-electron chi connectivity index (χ1n) is 12.5. The van der Waals surface area contributed by atoms with E-state index < -0.39 is 5.97 Å². The summed E-state index contributed by atoms with van der Waals surface area (Å²) in [5, 5.41) is 0.610. The molecule has 8 heteroatoms. The van der Waals surface area contributed by atoms with Crippen molar-refractivity contribution >= 4 is 68.8 Å². The van der Waals surface area contributed by atoms with Crippen LogP contribution in [0.3, 0.4) is 0 Å². The number of halogens is 1. The van der Waals surface area contributed by atoms with Crippen molar-refractivity contribution < 1.29 is 19.1 Å². The minimum absolute atomic E-state index is 0.124. The number of aliphatic imine (C=N–C) groups is 1. The van der Waals surface area contributed by atoms with E-state index in [4.69, 9.17) is 14.5 Å². The second-order valence-electron chi connectivity index (χ2n) is 8.47. The molecule has 0 atom stereocenters. The Labute approximate surface area is 241 Å². The van der Waals surface area contributed by atoms with Gasteiger partial charge in [0, 0.05) is 0 Å². The first kappa shape index (κ1) is 27.9. The van der Waals surface area contributed by atoms with E-state index in [0.29, 0.717) is 22.4 Å². The van der Waals surface area contributed by atoms with Crippen molar-refractivity contribution in [3.8, 4) is 5.75 Å². The third-order valence-corrected chi connectivity index (χ3v) is 7.69. The van der Waals surface area contributed by atoms with E-state index in [1.807, 2.05) is 54.6 Å². The number of hydrogen-bond acceptors (Lipinski definition) is 6. The van der Waals surface area contributed by atoms with Crippen LogP contribution in [-0.2, 0) is 27.2 Å². The Morgan fingerprint density at radius 2 is 1.63 bits per heavy atom. The normalized spacial score (nSPS) is 15.4. The van der Waals surface area contributed by atoms with Gasteiger partial charge in [-0.25, -0.2) is 9.79 Å². The zero-order valence-corrected chi connectivity index (χ0v) is 24.5. The van der Waals surface area contributed by atoms with Gasteiger partial charge in [0.1, 0.15) is 5.75 Å². The number of carbonyl (C=O) groups is 2. The number of amides is 1. The monoisotopic (exact) mass is 640 g/mol. The number of esters is 1. The van der Waals surface area contributed by atoms with Crippen molar-refractivity contribution in [3.05, 3.63) is 91.9 Å². The van der Waals surface area contributed by atoms with E-state index in [2.05, 4.69) is 48.6 Å². The molecule has 1 aliphatic heterocycles. The number of amidine groups is 1. The Kier molecular flexibility index (Phi) is 9.63. The molecule has 1 heterocycles. The van der Waals surface area contributed by atoms with E-state index in [0.717, 1.165) is 33.4 Å². The molecule has 0 spiro atoms. The van der Waals surface area contributed by atoms with E-state index in [1.54, 1.807) is 17.9 Å². The van der Waals surface area contributed by atoms with Gasteiger partial charge in [-0.3, -0.25) is 9.69 Å². The first-order valence-corrected chi connectivity index (χ1v) is 14.4. The molecular weight excluding hydrogens is 611 g/mol. The fourth-order valence-corrected chi connectivity index (χ4v) is 5.48. The molecule has 6 nitrogen and oxygen atoms in total. The van der Waals surface area contributed by atoms with Gasteiger partial charge < -0.3 is 9.47 Å². The topological polar surface area (TPSA) is 68.2 Å². The lowest BCUT2D eigenvalue weighted by molar-refractivity contribution is -0.145. The molecule has 4 rings (SSSR count). The van der Waals surface area contributed by atoms with Crippen LogP contribution in [0.1, 0.15) is 37.5 Å². The maximum atomic E-state index is 13.6. The van der Waals surface area contributed by atoms with Crippen LogP contribution in [0.4, 0.5) is 11.4 Å². The van der Waals surface area contributed by atoms with Crippen molar-refractivity contribution in [2.45, 2.75) is 33.6 Å². The minimum Gasteiger partial charge on any atom is -0.481 e. The molecule has 196 valence electrons. The number of ether oxygens (including phenoxy) is 2. The molecular formula is C30H29IN2O4S. The number of nitrogens with zero attached hydrogens (tertiary/aromatic N) is 2. The van der Waals surface area contributed by atoms with Gasteiger partial charge in [0.05, 0.1) is 26.5 Å². The summed E-state index contributed by atoms with van der Waals surface area (Å²) >= 11 is 3.51. The maximum absolute atomic E-state index is 13.6. The van der Waals surface area contributed by atoms with Crippen LogP contribution >= 0.6 is 34.4 Å². The second-order valence-corrected chi connectivity index (χ2v) is 10.6. The number of anilines is 1. The number of thioether (sulfide) groups is 1. The molecule has 1 saturated heterocycles. The zero-order valence-electron chi connectivity index (χ0n) is 21.6. The molecule has 0 N–H and O–H groups in total. The number of rotatable bonds is 9. The SMILES string of the molecule is CCOC(=O)COc1ccc(/C=C2\SC(=Nc3ccc(CC)cc3)N(c3ccc(CC)cc3)C2=O)cc1I. The molecule has 1 fully saturated rings. The summed E-state index contributed by atoms with van der Waals surface area (Å²) in [5.74, 6) is 0.0492. The van der Waals surface area contributed by atoms with Gasteiger partial charge in [-0.05, 0) is 113 Å². The van der Waals surface area contributed by atoms with E-state index in [-0.39, 0.29) is 12.5 Å². The van der Waals surface area contributed by atoms with Crippen LogP contribution in [0.5, 0.6) is 5.75 Å². The van der Waals surface area contributed by atoms with E-state index >= 15 is 0 Å². The average Bonchev–Trinajstić information content (AvgIpc) is 3.22. The molecule has 3 aromatic carbocycles. The lowest BCUT2D eigenvalue weighted by Gasteiger charge is -2.16. The quantitative estimate of drug-likeness (QED) is 0.141. The summed E-state index contributed by atoms with van der Waals surface area (Å²) in [6, 6.07) is 21.7. The van der Waals surface area contributed by atoms with E-state index in [9.17, 15) is 9.59 Å². The zero-order chi connectivity index (χ0) is 27.1. The van der Waals surface area contributed by atoms with Crippen LogP contribution in [-0.4, -0.2) is 30.3 Å². The predicted octanol–water partition coefficient (Wildman–Crippen LogP) is 7.17. The molecule has 1 aliphatic rings. The Bertz CT molecular complexity index is 1370. The van der Waals surface area contributed by atoms with Crippen LogP contribution in [0.2, 0.25) is 0 Å². The summed E-state index contributed by atoms with van der Waals surface area (Å²) < 4.78 is 11.3. The Morgan fingerprint density at radius 1 is 0.974 bits per heavy atom. The van der Waals surface area contributed by atoms with Crippen LogP contribution in [0.15, 0.2) is 76.6 Å². The highest BCUT2D eigenvalue weighted by molar-refractivity contribution is 14.1. The number of carbonyl (C=O) groups excluding carboxylic acids is 2. The van der Waals surface area contributed by atoms with Crippen molar-refractivity contribution in [2.75, 3.05) is 18.1 Å². The third-order valence-electron chi connectivity index (χ3n) is 5.88. The summed E-state index contributed by atoms with van der Waals surface area (Å²) in [7, 11) is 0. The van der Waals surface area contributed by atoms with Gasteiger partial charge in [0.25, 0.3) is 5.91 Å². The summed E-state index contributed by atoms with van der Waals surface area (Å²) in [6.45, 7) is 6.14. The maximum Gasteiger partial charge on any atom is 0.344 e. The van der Waals surface area contributed by atoms with Gasteiger partial charge in [0.15, 0.2) is 11.8 Å². The molecule has 0 bridgehead atoms. The van der Waals surface area contributed by atoms with Gasteiger partial charge >= 0.3 is 5.97 Å². The van der Waals surface area contributed by atoms with Crippen LogP contribution in [0.25, 0.3) is 6.08 Å². The van der Waals surface area contributed by atoms with Crippen molar-refractivity contribution in [3.63, 3.8) is 0 Å². The summed E-state index contributed by atoms with van der Waals surface area (Å²) in [5.41, 5.74) is 4.87. The fraction of sp³-hybridized carbons (Fsp3) is 0.233. The van der Waals surface area contributed by atoms with Crippen molar-refractivity contribution in [1.82, 2.24) is 0 Å². The lowest BCUT2D eigenvalue weighted by Crippen LogP contribution is -2.28. The molecule has 0 saturated carbocycles. The smallest absolute Gasteiger partial charge is 0.344 e. The second kappa shape index (κ2) is 13.1. The van der Waals surface area contributed by atoms with Crippen LogP contribution in [0, 0.1) is 3.57 Å². The van der Waals surface area contributed by atoms with Gasteiger partial charge in [-0.2, -0.15) is 0 Å². The largest absolute Gasteiger partial charge is 0.481 e. The summed E-state index contributed by atoms with van der Waals surface area (Å²) in [4.78, 5) is 32.3. The Hall–Kier alpha value is -3.11. The number of benzene rings is 3. The van der Waals surface area contributed by atoms with Crippen molar-refractivity contribution in [2.24, 2.45) is 4.99 Å². The van der Waals surface area contributed by atoms with E-state index in [1.165, 1.54) is 22.9 Å². The molecule has 0 aromatic heterocycles. The molecule has 3 aromatic rings. The fourth-order valence-electron chi connectivity index (χ4n) is 3.79. The molecule has 0 aliphatic carbocycles. The minimum atomic E-state index is -0.411. The molecule has 0 radical (unpaired) electrons. The number of aryl methyl sites for hydroxylation is 2. The van der Waals surface area contributed by atoms with Gasteiger partial charge in [0.2, 0.25) is 0 Å². The van der Waals surface area contributed by atoms with Gasteiger partial charge in [-0.1, -0.05) is 44.2 Å². The third kappa shape index (κ3) is 6.85. The lowest BCUT2D eigenvalue weighted by atomic mass is 10.1. The molecule has 38 heavy (non-hydrogen) atoms. The number of hydrogen-bond donors (Lipinski definition) is 0. The van der Waals surface area contributed by atoms with Crippen LogP contribution < -0.4 is 9.64 Å². The Morgan fingerprint density at radius 3 is 2.24 bits per heavy atom. The highest BCUT2D eigenvalue weighted by Crippen LogP contribution is 2.38. The van der Waals surface area contributed by atoms with Crippen molar-refractivity contribution in [1.29, 1.82) is 0 Å². The Balaban J connectivity index is 1.63. The molecule has 0 unspecified atom stereocenters. The average molecular weight is 641 g/mol. The standard InChI is InChI=1S/C30H29IN2O4S/c1-4-20-7-12-23(13-8-20)32-30-33(24-14-9-21(5-2)10-15-24)29(35)27(38-30)18-22-11-16-26(25(31)17-22)37-19-28(34)36-6-3/h7-18H,4-6,19H2,1-3H3/b27-18-,32-30?. The highest BCUT2D eigenvalue weighted by atomic mass is 127. The van der Waals surface area contributed by atoms with Gasteiger partial charge in [-0.15, -0.1) is 0 Å².